The van der Waals surface area contributed by atoms with E-state index in [0.717, 1.165) is 34.6 Å². The second-order valence-corrected chi connectivity index (χ2v) is 7.61. The molecule has 0 spiro atoms. The van der Waals surface area contributed by atoms with Crippen LogP contribution in [0.3, 0.4) is 0 Å². The summed E-state index contributed by atoms with van der Waals surface area (Å²) in [5.41, 5.74) is 3.26. The molecule has 0 saturated carbocycles. The summed E-state index contributed by atoms with van der Waals surface area (Å²) in [7, 11) is 3.17. The van der Waals surface area contributed by atoms with Crippen molar-refractivity contribution in [1.29, 1.82) is 0 Å². The molecule has 0 fully saturated rings. The van der Waals surface area contributed by atoms with Gasteiger partial charge in [-0.25, -0.2) is 9.97 Å². The maximum absolute atomic E-state index is 10.0. The van der Waals surface area contributed by atoms with Gasteiger partial charge in [-0.3, -0.25) is 4.79 Å². The predicted molar refractivity (Wildman–Crippen MR) is 132 cm³/mol. The molecule has 0 radical (unpaired) electrons. The third-order valence-electron chi connectivity index (χ3n) is 4.83. The molecule has 0 bridgehead atoms. The zero-order valence-electron chi connectivity index (χ0n) is 18.9. The Kier molecular flexibility index (Phi) is 8.10. The van der Waals surface area contributed by atoms with Crippen molar-refractivity contribution in [3.8, 4) is 17.2 Å². The fourth-order valence-corrected chi connectivity index (χ4v) is 3.50. The van der Waals surface area contributed by atoms with Crippen molar-refractivity contribution in [2.24, 2.45) is 0 Å². The Morgan fingerprint density at radius 2 is 1.68 bits per heavy atom. The number of carbonyl (C=O) groups is 1. The summed E-state index contributed by atoms with van der Waals surface area (Å²) in [6.07, 6.45) is 2.03. The molecule has 0 amide bonds. The molecule has 0 saturated heterocycles. The van der Waals surface area contributed by atoms with E-state index in [0.29, 0.717) is 28.8 Å². The first-order valence-electron chi connectivity index (χ1n) is 10.2. The quantitative estimate of drug-likeness (QED) is 0.334. The van der Waals surface area contributed by atoms with Crippen LogP contribution in [0.25, 0.3) is 10.9 Å². The number of phenolic OH excluding ortho intramolecular Hbond substituents is 1. The molecule has 34 heavy (non-hydrogen) atoms. The standard InChI is InChI=1S/C23H20ClN3O3.C2H4O2/c1-29-21-11-17-19(12-22(21)30-2)25-13-26-23(17)27-16-8-7-14(18(24)10-16)9-15-5-3-4-6-20(15)28;1-2(3)4/h3-8,10-13,28H,9H2,1-2H3,(H,25,26,27);1H3,(H,3,4). The smallest absolute Gasteiger partial charge is 0.300 e. The zero-order chi connectivity index (χ0) is 24.7. The van der Waals surface area contributed by atoms with Crippen LogP contribution in [0.2, 0.25) is 5.02 Å². The van der Waals surface area contributed by atoms with Crippen LogP contribution in [0, 0.1) is 0 Å². The van der Waals surface area contributed by atoms with Crippen molar-refractivity contribution in [3.63, 3.8) is 0 Å². The van der Waals surface area contributed by atoms with Gasteiger partial charge in [0, 0.05) is 35.5 Å². The Labute approximate surface area is 201 Å². The third kappa shape index (κ3) is 6.05. The summed E-state index contributed by atoms with van der Waals surface area (Å²) in [6.45, 7) is 1.08. The number of carboxylic acid groups (broad SMARTS) is 1. The number of aromatic nitrogens is 2. The minimum absolute atomic E-state index is 0.257. The van der Waals surface area contributed by atoms with Gasteiger partial charge in [-0.2, -0.15) is 0 Å². The average molecular weight is 482 g/mol. The molecule has 0 aliphatic carbocycles. The van der Waals surface area contributed by atoms with E-state index in [-0.39, 0.29) is 5.75 Å². The summed E-state index contributed by atoms with van der Waals surface area (Å²) < 4.78 is 10.7. The highest BCUT2D eigenvalue weighted by Crippen LogP contribution is 2.35. The predicted octanol–water partition coefficient (Wildman–Crippen LogP) is 5.43. The Morgan fingerprint density at radius 3 is 2.32 bits per heavy atom. The first-order chi connectivity index (χ1) is 16.3. The number of carboxylic acids is 1. The number of benzene rings is 3. The van der Waals surface area contributed by atoms with Crippen LogP contribution in [0.1, 0.15) is 18.1 Å². The number of rotatable bonds is 6. The molecule has 0 unspecified atom stereocenters. The number of hydrogen-bond acceptors (Lipinski definition) is 7. The first kappa shape index (κ1) is 24.6. The van der Waals surface area contributed by atoms with Gasteiger partial charge in [-0.1, -0.05) is 35.9 Å². The van der Waals surface area contributed by atoms with Gasteiger partial charge in [0.2, 0.25) is 0 Å². The van der Waals surface area contributed by atoms with Crippen molar-refractivity contribution in [2.75, 3.05) is 19.5 Å². The number of fused-ring (bicyclic) bond motifs is 1. The third-order valence-corrected chi connectivity index (χ3v) is 5.18. The fraction of sp³-hybridized carbons (Fsp3) is 0.160. The number of nitrogens with one attached hydrogen (secondary N) is 1. The monoisotopic (exact) mass is 481 g/mol. The highest BCUT2D eigenvalue weighted by atomic mass is 35.5. The number of methoxy groups -OCH3 is 2. The molecular weight excluding hydrogens is 458 g/mol. The lowest BCUT2D eigenvalue weighted by Crippen LogP contribution is -1.99. The average Bonchev–Trinajstić information content (AvgIpc) is 2.81. The molecule has 9 heteroatoms. The number of aromatic hydroxyl groups is 1. The summed E-state index contributed by atoms with van der Waals surface area (Å²) in [5, 5.41) is 22.1. The van der Waals surface area contributed by atoms with Crippen LogP contribution in [0.15, 0.2) is 60.9 Å². The highest BCUT2D eigenvalue weighted by molar-refractivity contribution is 6.31. The first-order valence-corrected chi connectivity index (χ1v) is 10.6. The Hall–Kier alpha value is -4.04. The number of hydrogen-bond donors (Lipinski definition) is 3. The molecule has 0 aliphatic rings. The van der Waals surface area contributed by atoms with Gasteiger partial charge >= 0.3 is 0 Å². The molecule has 4 aromatic rings. The van der Waals surface area contributed by atoms with Gasteiger partial charge in [0.1, 0.15) is 17.9 Å². The van der Waals surface area contributed by atoms with Gasteiger partial charge in [-0.05, 0) is 35.4 Å². The molecule has 8 nitrogen and oxygen atoms in total. The number of ether oxygens (including phenoxy) is 2. The Morgan fingerprint density at radius 1 is 1.00 bits per heavy atom. The normalized spacial score (nSPS) is 10.2. The van der Waals surface area contributed by atoms with E-state index < -0.39 is 5.97 Å². The van der Waals surface area contributed by atoms with Crippen molar-refractivity contribution in [2.45, 2.75) is 13.3 Å². The van der Waals surface area contributed by atoms with Crippen LogP contribution >= 0.6 is 11.6 Å². The van der Waals surface area contributed by atoms with Crippen molar-refractivity contribution in [1.82, 2.24) is 9.97 Å². The number of aliphatic carboxylic acids is 1. The lowest BCUT2D eigenvalue weighted by Gasteiger charge is -2.13. The molecule has 1 heterocycles. The van der Waals surface area contributed by atoms with Gasteiger partial charge < -0.3 is 25.0 Å². The molecule has 4 rings (SSSR count). The van der Waals surface area contributed by atoms with Crippen molar-refractivity contribution < 1.29 is 24.5 Å². The van der Waals surface area contributed by atoms with E-state index in [9.17, 15) is 5.11 Å². The molecule has 0 aliphatic heterocycles. The van der Waals surface area contributed by atoms with E-state index in [1.165, 1.54) is 6.33 Å². The molecular formula is C25H24ClN3O5. The molecule has 3 aromatic carbocycles. The minimum Gasteiger partial charge on any atom is -0.508 e. The summed E-state index contributed by atoms with van der Waals surface area (Å²) in [4.78, 5) is 17.7. The molecule has 0 atom stereocenters. The van der Waals surface area contributed by atoms with Crippen LogP contribution in [-0.2, 0) is 11.2 Å². The Balaban J connectivity index is 0.000000751. The highest BCUT2D eigenvalue weighted by Gasteiger charge is 2.12. The SMILES string of the molecule is CC(=O)O.COc1cc2ncnc(Nc3ccc(Cc4ccccc4O)c(Cl)c3)c2cc1OC. The maximum Gasteiger partial charge on any atom is 0.300 e. The van der Waals surface area contributed by atoms with Crippen LogP contribution < -0.4 is 14.8 Å². The topological polar surface area (TPSA) is 114 Å². The van der Waals surface area contributed by atoms with Crippen molar-refractivity contribution >= 4 is 40.0 Å². The van der Waals surface area contributed by atoms with Gasteiger partial charge in [0.25, 0.3) is 5.97 Å². The summed E-state index contributed by atoms with van der Waals surface area (Å²) in [6, 6.07) is 16.6. The van der Waals surface area contributed by atoms with Crippen LogP contribution in [0.5, 0.6) is 17.2 Å². The van der Waals surface area contributed by atoms with Gasteiger partial charge in [0.05, 0.1) is 19.7 Å². The molecule has 1 aromatic heterocycles. The van der Waals surface area contributed by atoms with E-state index >= 15 is 0 Å². The number of halogens is 1. The number of para-hydroxylation sites is 1. The van der Waals surface area contributed by atoms with E-state index in [2.05, 4.69) is 15.3 Å². The number of anilines is 2. The maximum atomic E-state index is 10.0. The minimum atomic E-state index is -0.833. The van der Waals surface area contributed by atoms with Crippen LogP contribution in [0.4, 0.5) is 11.5 Å². The van der Waals surface area contributed by atoms with Gasteiger partial charge in [0.15, 0.2) is 11.5 Å². The lowest BCUT2D eigenvalue weighted by molar-refractivity contribution is -0.134. The molecule has 176 valence electrons. The van der Waals surface area contributed by atoms with Gasteiger partial charge in [-0.15, -0.1) is 0 Å². The largest absolute Gasteiger partial charge is 0.508 e. The number of nitrogens with zero attached hydrogens (tertiary/aromatic N) is 2. The van der Waals surface area contributed by atoms with Crippen molar-refractivity contribution in [3.05, 3.63) is 77.1 Å². The molecule has 3 N–H and O–H groups in total. The zero-order valence-corrected chi connectivity index (χ0v) is 19.6. The Bertz CT molecular complexity index is 1310. The summed E-state index contributed by atoms with van der Waals surface area (Å²) >= 11 is 6.51. The lowest BCUT2D eigenvalue weighted by atomic mass is 10.0. The van der Waals surface area contributed by atoms with E-state index in [1.54, 1.807) is 26.4 Å². The second-order valence-electron chi connectivity index (χ2n) is 7.20. The fourth-order valence-electron chi connectivity index (χ4n) is 3.25. The van der Waals surface area contributed by atoms with Crippen LogP contribution in [-0.4, -0.2) is 40.4 Å². The summed E-state index contributed by atoms with van der Waals surface area (Å²) in [5.74, 6) is 1.25. The van der Waals surface area contributed by atoms with E-state index in [1.807, 2.05) is 42.5 Å². The second kappa shape index (κ2) is 11.2. The number of phenols is 1. The van der Waals surface area contributed by atoms with E-state index in [4.69, 9.17) is 31.0 Å².